The van der Waals surface area contributed by atoms with Crippen molar-refractivity contribution in [2.24, 2.45) is 0 Å². The number of hydrogen-bond donors (Lipinski definition) is 1. The van der Waals surface area contributed by atoms with Gasteiger partial charge >= 0.3 is 10.4 Å². The third kappa shape index (κ3) is 22.5. The average Bonchev–Trinajstić information content (AvgIpc) is 1.87. The first-order valence-electron chi connectivity index (χ1n) is 3.04. The quantitative estimate of drug-likeness (QED) is 0.564. The Morgan fingerprint density at radius 1 is 1.58 bits per heavy atom. The third-order valence-electron chi connectivity index (χ3n) is 0.657. The van der Waals surface area contributed by atoms with E-state index in [-0.39, 0.29) is 5.24 Å². The Bertz CT molecular complexity index is 210. The van der Waals surface area contributed by atoms with Crippen molar-refractivity contribution in [2.75, 3.05) is 7.11 Å². The molecule has 0 heterocycles. The lowest BCUT2D eigenvalue weighted by atomic mass is 10.4. The minimum absolute atomic E-state index is 0.238. The minimum atomic E-state index is -4.16. The van der Waals surface area contributed by atoms with E-state index in [0.717, 1.165) is 13.5 Å². The number of carbonyl (C=O) groups excluding carboxylic acids is 1. The van der Waals surface area contributed by atoms with Crippen LogP contribution in [0.15, 0.2) is 0 Å². The lowest BCUT2D eigenvalue weighted by Crippen LogP contribution is -1.96. The highest BCUT2D eigenvalue weighted by Crippen LogP contribution is 1.90. The minimum Gasteiger partial charge on any atom is -0.281 e. The Kier molecular flexibility index (Phi) is 8.95. The van der Waals surface area contributed by atoms with Crippen LogP contribution in [-0.4, -0.2) is 25.3 Å². The highest BCUT2D eigenvalue weighted by molar-refractivity contribution is 7.80. The maximum absolute atomic E-state index is 9.81. The fraction of sp³-hybridized carbons (Fsp3) is 0.800. The summed E-state index contributed by atoms with van der Waals surface area (Å²) in [6.45, 7) is 1.92. The molecule has 7 heteroatoms. The zero-order valence-corrected chi connectivity index (χ0v) is 8.35. The first kappa shape index (κ1) is 14.4. The van der Waals surface area contributed by atoms with E-state index in [4.69, 9.17) is 16.2 Å². The van der Waals surface area contributed by atoms with Crippen molar-refractivity contribution in [1.82, 2.24) is 0 Å². The molecule has 0 aliphatic carbocycles. The van der Waals surface area contributed by atoms with E-state index in [9.17, 15) is 13.2 Å². The highest BCUT2D eigenvalue weighted by atomic mass is 35.5. The summed E-state index contributed by atoms with van der Waals surface area (Å²) in [5.74, 6) is 0. The number of halogens is 1. The fourth-order valence-corrected chi connectivity index (χ4v) is 0.386. The van der Waals surface area contributed by atoms with Gasteiger partial charge in [-0.2, -0.15) is 8.42 Å². The van der Waals surface area contributed by atoms with Gasteiger partial charge in [-0.25, -0.2) is 0 Å². The van der Waals surface area contributed by atoms with Gasteiger partial charge in [0, 0.05) is 6.42 Å². The third-order valence-corrected chi connectivity index (χ3v) is 1.27. The molecule has 0 saturated heterocycles. The van der Waals surface area contributed by atoms with E-state index in [2.05, 4.69) is 4.18 Å². The van der Waals surface area contributed by atoms with E-state index in [0.29, 0.717) is 6.42 Å². The van der Waals surface area contributed by atoms with Gasteiger partial charge in [0.25, 0.3) is 0 Å². The van der Waals surface area contributed by atoms with Crippen LogP contribution < -0.4 is 0 Å². The molecule has 0 spiro atoms. The van der Waals surface area contributed by atoms with Crippen LogP contribution in [0.25, 0.3) is 0 Å². The molecule has 0 amide bonds. The van der Waals surface area contributed by atoms with Crippen LogP contribution in [0, 0.1) is 0 Å². The van der Waals surface area contributed by atoms with Crippen LogP contribution in [-0.2, 0) is 19.4 Å². The Morgan fingerprint density at radius 3 is 1.92 bits per heavy atom. The molecule has 0 aromatic heterocycles. The van der Waals surface area contributed by atoms with E-state index in [1.807, 2.05) is 6.92 Å². The molecular weight excluding hydrogens is 208 g/mol. The van der Waals surface area contributed by atoms with E-state index in [1.54, 1.807) is 0 Å². The maximum Gasteiger partial charge on any atom is 0.397 e. The van der Waals surface area contributed by atoms with Crippen LogP contribution in [0.4, 0.5) is 0 Å². The molecule has 0 aliphatic heterocycles. The predicted molar refractivity (Wildman–Crippen MR) is 44.3 cm³/mol. The number of carbonyl (C=O) groups is 1. The summed E-state index contributed by atoms with van der Waals surface area (Å²) in [4.78, 5) is 9.81. The lowest BCUT2D eigenvalue weighted by Gasteiger charge is -1.82. The van der Waals surface area contributed by atoms with Crippen molar-refractivity contribution in [2.45, 2.75) is 19.8 Å². The van der Waals surface area contributed by atoms with Crippen molar-refractivity contribution >= 4 is 27.2 Å². The van der Waals surface area contributed by atoms with Crippen LogP contribution >= 0.6 is 11.6 Å². The summed E-state index contributed by atoms with van der Waals surface area (Å²) in [7, 11) is -3.29. The summed E-state index contributed by atoms with van der Waals surface area (Å²) in [5, 5.41) is -0.238. The summed E-state index contributed by atoms with van der Waals surface area (Å²) in [5.41, 5.74) is 0. The van der Waals surface area contributed by atoms with Gasteiger partial charge in [-0.3, -0.25) is 13.5 Å². The van der Waals surface area contributed by atoms with E-state index < -0.39 is 10.4 Å². The Morgan fingerprint density at radius 2 is 1.92 bits per heavy atom. The van der Waals surface area contributed by atoms with Gasteiger partial charge in [0.05, 0.1) is 7.11 Å². The Balaban J connectivity index is 0. The normalized spacial score (nSPS) is 10.0. The van der Waals surface area contributed by atoms with Crippen LogP contribution in [0.2, 0.25) is 0 Å². The first-order valence-corrected chi connectivity index (χ1v) is 4.79. The second-order valence-electron chi connectivity index (χ2n) is 1.70. The maximum atomic E-state index is 9.81. The number of hydrogen-bond acceptors (Lipinski definition) is 4. The first-order chi connectivity index (χ1) is 5.33. The lowest BCUT2D eigenvalue weighted by molar-refractivity contribution is -0.111. The van der Waals surface area contributed by atoms with Gasteiger partial charge < -0.3 is 0 Å². The van der Waals surface area contributed by atoms with Gasteiger partial charge in [-0.1, -0.05) is 6.92 Å². The summed E-state index contributed by atoms with van der Waals surface area (Å²) in [6, 6.07) is 0. The van der Waals surface area contributed by atoms with Gasteiger partial charge in [0.1, 0.15) is 0 Å². The fourth-order valence-electron chi connectivity index (χ4n) is 0.197. The highest BCUT2D eigenvalue weighted by Gasteiger charge is 1.94. The van der Waals surface area contributed by atoms with Gasteiger partial charge in [0.15, 0.2) is 0 Å². The van der Waals surface area contributed by atoms with Gasteiger partial charge in [-0.15, -0.1) is 0 Å². The van der Waals surface area contributed by atoms with Gasteiger partial charge in [0.2, 0.25) is 5.24 Å². The van der Waals surface area contributed by atoms with Gasteiger partial charge in [-0.05, 0) is 18.0 Å². The molecule has 0 aliphatic rings. The topological polar surface area (TPSA) is 80.7 Å². The molecule has 12 heavy (non-hydrogen) atoms. The second kappa shape index (κ2) is 7.48. The van der Waals surface area contributed by atoms with Crippen molar-refractivity contribution in [3.8, 4) is 0 Å². The summed E-state index contributed by atoms with van der Waals surface area (Å²) >= 11 is 4.94. The van der Waals surface area contributed by atoms with Crippen LogP contribution in [0.3, 0.4) is 0 Å². The number of rotatable bonds is 3. The van der Waals surface area contributed by atoms with Crippen LogP contribution in [0.1, 0.15) is 19.8 Å². The van der Waals surface area contributed by atoms with E-state index >= 15 is 0 Å². The van der Waals surface area contributed by atoms with E-state index in [1.165, 1.54) is 0 Å². The predicted octanol–water partition coefficient (Wildman–Crippen LogP) is 0.988. The zero-order chi connectivity index (χ0) is 10.2. The van der Waals surface area contributed by atoms with Crippen molar-refractivity contribution < 1.29 is 21.9 Å². The molecule has 0 aromatic rings. The smallest absolute Gasteiger partial charge is 0.281 e. The SMILES string of the molecule is CCCC(=O)Cl.COS(=O)(=O)O. The molecule has 0 fully saturated rings. The molecule has 0 aromatic carbocycles. The van der Waals surface area contributed by atoms with Crippen molar-refractivity contribution in [3.63, 3.8) is 0 Å². The molecule has 74 valence electrons. The average molecular weight is 219 g/mol. The zero-order valence-electron chi connectivity index (χ0n) is 6.78. The van der Waals surface area contributed by atoms with Crippen molar-refractivity contribution in [3.05, 3.63) is 0 Å². The van der Waals surface area contributed by atoms with Crippen molar-refractivity contribution in [1.29, 1.82) is 0 Å². The molecule has 0 atom stereocenters. The Labute approximate surface area is 76.6 Å². The Hall–Kier alpha value is -0.170. The molecular formula is C5H11ClO5S. The largest absolute Gasteiger partial charge is 0.397 e. The molecule has 1 N–H and O–H groups in total. The molecule has 0 saturated carbocycles. The summed E-state index contributed by atoms with van der Waals surface area (Å²) < 4.78 is 29.7. The summed E-state index contributed by atoms with van der Waals surface area (Å²) in [6.07, 6.45) is 1.35. The molecule has 5 nitrogen and oxygen atoms in total. The molecule has 0 rings (SSSR count). The molecule has 0 unspecified atom stereocenters. The standard InChI is InChI=1S/C4H7ClO.CH4O4S/c1-2-3-4(5)6;1-5-6(2,3)4/h2-3H2,1H3;1H3,(H,2,3,4). The second-order valence-corrected chi connectivity index (χ2v) is 3.31. The monoisotopic (exact) mass is 218 g/mol. The molecule has 0 bridgehead atoms. The van der Waals surface area contributed by atoms with Crippen LogP contribution in [0.5, 0.6) is 0 Å². The molecule has 0 radical (unpaired) electrons.